The van der Waals surface area contributed by atoms with Crippen LogP contribution in [0.15, 0.2) is 34.9 Å². The minimum atomic E-state index is -0.0422. The van der Waals surface area contributed by atoms with E-state index in [1.165, 1.54) is 19.1 Å². The third-order valence-corrected chi connectivity index (χ3v) is 4.92. The number of rotatable bonds is 4. The van der Waals surface area contributed by atoms with Crippen LogP contribution in [0.2, 0.25) is 5.15 Å². The summed E-state index contributed by atoms with van der Waals surface area (Å²) in [6.45, 7) is 3.28. The first kappa shape index (κ1) is 15.5. The molecule has 0 aliphatic carbocycles. The highest BCUT2D eigenvalue weighted by atomic mass is 35.5. The Bertz CT molecular complexity index is 723. The van der Waals surface area contributed by atoms with E-state index in [-0.39, 0.29) is 23.2 Å². The second-order valence-corrected chi connectivity index (χ2v) is 6.67. The topological polar surface area (TPSA) is 67.6 Å². The van der Waals surface area contributed by atoms with Gasteiger partial charge in [-0.2, -0.15) is 4.98 Å². The molecule has 1 amide bonds. The number of carbonyl (C=O) groups is 1. The first-order chi connectivity index (χ1) is 11.7. The van der Waals surface area contributed by atoms with E-state index in [4.69, 9.17) is 20.8 Å². The largest absolute Gasteiger partial charge is 0.416 e. The van der Waals surface area contributed by atoms with Crippen LogP contribution in [0.4, 0.5) is 0 Å². The van der Waals surface area contributed by atoms with Crippen molar-refractivity contribution in [2.75, 3.05) is 19.6 Å². The molecule has 126 valence electrons. The Morgan fingerprint density at radius 2 is 2.04 bits per heavy atom. The van der Waals surface area contributed by atoms with Crippen LogP contribution in [0.25, 0.3) is 0 Å². The van der Waals surface area contributed by atoms with Crippen molar-refractivity contribution < 1.29 is 13.9 Å². The smallest absolute Gasteiger partial charge is 0.400 e. The Balaban J connectivity index is 1.38. The van der Waals surface area contributed by atoms with Gasteiger partial charge in [-0.1, -0.05) is 11.6 Å². The molecule has 7 heteroatoms. The van der Waals surface area contributed by atoms with Gasteiger partial charge in [0.05, 0.1) is 0 Å². The number of nitrogens with one attached hydrogen (secondary N) is 1. The third-order valence-electron chi connectivity index (χ3n) is 4.75. The van der Waals surface area contributed by atoms with Crippen LogP contribution in [-0.4, -0.2) is 41.5 Å². The number of benzene rings is 1. The van der Waals surface area contributed by atoms with Crippen molar-refractivity contribution in [2.24, 2.45) is 5.92 Å². The monoisotopic (exact) mass is 347 g/mol. The van der Waals surface area contributed by atoms with Crippen LogP contribution in [0.3, 0.4) is 0 Å². The molecule has 4 heterocycles. The number of amides is 1. The van der Waals surface area contributed by atoms with Gasteiger partial charge in [0.25, 0.3) is 5.91 Å². The number of piperidine rings is 3. The van der Waals surface area contributed by atoms with E-state index in [1.54, 1.807) is 24.3 Å². The summed E-state index contributed by atoms with van der Waals surface area (Å²) >= 11 is 5.67. The molecule has 0 spiro atoms. The highest BCUT2D eigenvalue weighted by Gasteiger charge is 2.34. The van der Waals surface area contributed by atoms with Crippen molar-refractivity contribution in [3.63, 3.8) is 0 Å². The molecule has 3 fully saturated rings. The van der Waals surface area contributed by atoms with Gasteiger partial charge < -0.3 is 19.4 Å². The quantitative estimate of drug-likeness (QED) is 0.921. The van der Waals surface area contributed by atoms with Crippen LogP contribution >= 0.6 is 11.6 Å². The second-order valence-electron chi connectivity index (χ2n) is 6.28. The molecule has 5 rings (SSSR count). The lowest BCUT2D eigenvalue weighted by Gasteiger charge is -2.44. The SMILES string of the molecule is O=C(N[C@H]1CN2CCC1CC2)c1ccc(Oc2nc(Cl)co2)cc1. The maximum absolute atomic E-state index is 12.4. The molecule has 1 aromatic carbocycles. The molecule has 0 radical (unpaired) electrons. The van der Waals surface area contributed by atoms with E-state index in [0.717, 1.165) is 19.6 Å². The van der Waals surface area contributed by atoms with E-state index >= 15 is 0 Å². The van der Waals surface area contributed by atoms with Crippen LogP contribution < -0.4 is 10.1 Å². The summed E-state index contributed by atoms with van der Waals surface area (Å²) in [5.74, 6) is 1.10. The summed E-state index contributed by atoms with van der Waals surface area (Å²) < 4.78 is 10.4. The summed E-state index contributed by atoms with van der Waals surface area (Å²) in [7, 11) is 0. The van der Waals surface area contributed by atoms with E-state index in [0.29, 0.717) is 17.2 Å². The Labute approximate surface area is 144 Å². The van der Waals surface area contributed by atoms with Gasteiger partial charge in [-0.15, -0.1) is 0 Å². The van der Waals surface area contributed by atoms with Crippen molar-refractivity contribution in [3.8, 4) is 11.8 Å². The Morgan fingerprint density at radius 1 is 1.29 bits per heavy atom. The maximum atomic E-state index is 12.4. The minimum absolute atomic E-state index is 0.0422. The van der Waals surface area contributed by atoms with Crippen molar-refractivity contribution >= 4 is 17.5 Å². The van der Waals surface area contributed by atoms with Gasteiger partial charge in [0.2, 0.25) is 0 Å². The Kier molecular flexibility index (Phi) is 4.16. The fourth-order valence-electron chi connectivity index (χ4n) is 3.44. The van der Waals surface area contributed by atoms with Gasteiger partial charge in [0, 0.05) is 18.2 Å². The molecule has 3 saturated heterocycles. The van der Waals surface area contributed by atoms with Gasteiger partial charge in [-0.25, -0.2) is 0 Å². The first-order valence-corrected chi connectivity index (χ1v) is 8.47. The summed E-state index contributed by atoms with van der Waals surface area (Å²) in [6, 6.07) is 7.14. The molecule has 1 aromatic heterocycles. The lowest BCUT2D eigenvalue weighted by molar-refractivity contribution is 0.0620. The van der Waals surface area contributed by atoms with E-state index in [2.05, 4.69) is 15.2 Å². The first-order valence-electron chi connectivity index (χ1n) is 8.09. The highest BCUT2D eigenvalue weighted by Crippen LogP contribution is 2.28. The van der Waals surface area contributed by atoms with Gasteiger partial charge >= 0.3 is 6.08 Å². The Morgan fingerprint density at radius 3 is 2.62 bits per heavy atom. The normalized spacial score (nSPS) is 25.5. The van der Waals surface area contributed by atoms with Crippen molar-refractivity contribution in [2.45, 2.75) is 18.9 Å². The predicted octanol–water partition coefficient (Wildman–Crippen LogP) is 2.94. The van der Waals surface area contributed by atoms with Gasteiger partial charge in [-0.3, -0.25) is 4.79 Å². The lowest BCUT2D eigenvalue weighted by Crippen LogP contribution is -2.57. The summed E-state index contributed by atoms with van der Waals surface area (Å²) in [6.07, 6.45) is 3.73. The number of aromatic nitrogens is 1. The number of oxazole rings is 1. The number of hydrogen-bond acceptors (Lipinski definition) is 5. The van der Waals surface area contributed by atoms with Gasteiger partial charge in [0.15, 0.2) is 5.15 Å². The molecule has 24 heavy (non-hydrogen) atoms. The minimum Gasteiger partial charge on any atom is -0.416 e. The average molecular weight is 348 g/mol. The van der Waals surface area contributed by atoms with Gasteiger partial charge in [-0.05, 0) is 56.1 Å². The molecule has 1 atom stereocenters. The van der Waals surface area contributed by atoms with Crippen molar-refractivity contribution in [3.05, 3.63) is 41.2 Å². The molecule has 0 saturated carbocycles. The summed E-state index contributed by atoms with van der Waals surface area (Å²) in [5, 5.41) is 3.40. The zero-order chi connectivity index (χ0) is 16.5. The van der Waals surface area contributed by atoms with Crippen LogP contribution in [-0.2, 0) is 0 Å². The number of ether oxygens (including phenoxy) is 1. The molecule has 0 unspecified atom stereocenters. The number of halogens is 1. The lowest BCUT2D eigenvalue weighted by atomic mass is 9.84. The summed E-state index contributed by atoms with van der Waals surface area (Å²) in [5.41, 5.74) is 0.615. The third kappa shape index (κ3) is 3.25. The van der Waals surface area contributed by atoms with E-state index in [9.17, 15) is 4.79 Å². The highest BCUT2D eigenvalue weighted by molar-refractivity contribution is 6.29. The van der Waals surface area contributed by atoms with Crippen molar-refractivity contribution in [1.82, 2.24) is 15.2 Å². The van der Waals surface area contributed by atoms with Crippen LogP contribution in [0.1, 0.15) is 23.2 Å². The fraction of sp³-hybridized carbons (Fsp3) is 0.412. The van der Waals surface area contributed by atoms with Crippen LogP contribution in [0.5, 0.6) is 11.8 Å². The van der Waals surface area contributed by atoms with E-state index < -0.39 is 0 Å². The molecule has 2 bridgehead atoms. The average Bonchev–Trinajstić information content (AvgIpc) is 3.01. The molecular weight excluding hydrogens is 330 g/mol. The zero-order valence-corrected chi connectivity index (χ0v) is 13.8. The zero-order valence-electron chi connectivity index (χ0n) is 13.1. The standard InChI is InChI=1S/C17H18ClN3O3/c18-15-10-23-17(20-15)24-13-3-1-12(2-4-13)16(22)19-14-9-21-7-5-11(14)6-8-21/h1-4,10-11,14H,5-9H2,(H,19,22)/t14-/m0/s1. The molecule has 3 aliphatic heterocycles. The van der Waals surface area contributed by atoms with Gasteiger partial charge in [0.1, 0.15) is 12.0 Å². The second kappa shape index (κ2) is 6.45. The Hall–Kier alpha value is -2.05. The number of hydrogen-bond donors (Lipinski definition) is 1. The molecule has 2 aromatic rings. The van der Waals surface area contributed by atoms with E-state index in [1.807, 2.05) is 0 Å². The van der Waals surface area contributed by atoms with Crippen LogP contribution in [0, 0.1) is 5.92 Å². The molecule has 3 aliphatic rings. The predicted molar refractivity (Wildman–Crippen MR) is 88.4 cm³/mol. The van der Waals surface area contributed by atoms with Crippen molar-refractivity contribution in [1.29, 1.82) is 0 Å². The number of carbonyl (C=O) groups excluding carboxylic acids is 1. The number of nitrogens with zero attached hydrogens (tertiary/aromatic N) is 2. The molecular formula is C17H18ClN3O3. The maximum Gasteiger partial charge on any atom is 0.400 e. The summed E-state index contributed by atoms with van der Waals surface area (Å²) in [4.78, 5) is 18.7. The molecule has 1 N–H and O–H groups in total. The fourth-order valence-corrected chi connectivity index (χ4v) is 3.55. The molecule has 6 nitrogen and oxygen atoms in total. The number of fused-ring (bicyclic) bond motifs is 3.